The minimum atomic E-state index is 0.0979. The van der Waals surface area contributed by atoms with Gasteiger partial charge >= 0.3 is 0 Å². The molecular formula is C31H34N4O3S. The molecule has 3 aromatic carbocycles. The molecule has 1 amide bonds. The van der Waals surface area contributed by atoms with Gasteiger partial charge in [-0.15, -0.1) is 11.3 Å². The van der Waals surface area contributed by atoms with Crippen LogP contribution in [0.25, 0.3) is 11.3 Å². The number of anilines is 1. The molecule has 0 atom stereocenters. The summed E-state index contributed by atoms with van der Waals surface area (Å²) >= 11 is 1.62. The smallest absolute Gasteiger partial charge is 0.253 e. The van der Waals surface area contributed by atoms with E-state index < -0.39 is 0 Å². The monoisotopic (exact) mass is 542 g/mol. The van der Waals surface area contributed by atoms with Crippen molar-refractivity contribution in [3.63, 3.8) is 0 Å². The van der Waals surface area contributed by atoms with Gasteiger partial charge in [-0.25, -0.2) is 4.98 Å². The second kappa shape index (κ2) is 12.8. The summed E-state index contributed by atoms with van der Waals surface area (Å²) in [6.45, 7) is 4.69. The van der Waals surface area contributed by atoms with Crippen LogP contribution in [0, 0.1) is 0 Å². The van der Waals surface area contributed by atoms with Crippen LogP contribution in [0.3, 0.4) is 0 Å². The van der Waals surface area contributed by atoms with Gasteiger partial charge in [-0.05, 0) is 47.9 Å². The molecule has 0 bridgehead atoms. The number of carbonyl (C=O) groups excluding carboxylic acids is 1. The fourth-order valence-electron chi connectivity index (χ4n) is 4.72. The first-order valence-electron chi connectivity index (χ1n) is 13.2. The lowest BCUT2D eigenvalue weighted by Gasteiger charge is -2.27. The number of hydrogen-bond donors (Lipinski definition) is 1. The van der Waals surface area contributed by atoms with Crippen molar-refractivity contribution in [1.29, 1.82) is 0 Å². The van der Waals surface area contributed by atoms with E-state index in [1.54, 1.807) is 25.6 Å². The highest BCUT2D eigenvalue weighted by Gasteiger charge is 2.19. The number of carbonyl (C=O) groups is 1. The molecule has 1 fully saturated rings. The van der Waals surface area contributed by atoms with Gasteiger partial charge in [-0.3, -0.25) is 4.79 Å². The first-order valence-corrected chi connectivity index (χ1v) is 14.1. The summed E-state index contributed by atoms with van der Waals surface area (Å²) in [4.78, 5) is 22.2. The van der Waals surface area contributed by atoms with Gasteiger partial charge in [0.2, 0.25) is 0 Å². The van der Waals surface area contributed by atoms with E-state index in [0.29, 0.717) is 6.54 Å². The summed E-state index contributed by atoms with van der Waals surface area (Å²) in [7, 11) is 3.33. The molecule has 39 heavy (non-hydrogen) atoms. The molecule has 1 N–H and O–H groups in total. The molecule has 0 unspecified atom stereocenters. The maximum atomic E-state index is 12.9. The summed E-state index contributed by atoms with van der Waals surface area (Å²) in [5.41, 5.74) is 4.91. The molecule has 1 aliphatic rings. The number of hydrogen-bond acceptors (Lipinski definition) is 7. The molecule has 202 valence electrons. The highest BCUT2D eigenvalue weighted by molar-refractivity contribution is 7.14. The number of ether oxygens (including phenoxy) is 2. The molecule has 1 aromatic heterocycles. The molecule has 0 radical (unpaired) electrons. The van der Waals surface area contributed by atoms with Crippen molar-refractivity contribution in [2.45, 2.75) is 13.0 Å². The van der Waals surface area contributed by atoms with Crippen molar-refractivity contribution in [2.24, 2.45) is 0 Å². The van der Waals surface area contributed by atoms with Crippen molar-refractivity contribution in [1.82, 2.24) is 15.2 Å². The molecule has 2 heterocycles. The number of nitrogens with zero attached hydrogens (tertiary/aromatic N) is 3. The zero-order chi connectivity index (χ0) is 27.0. The Hall–Kier alpha value is -3.88. The fourth-order valence-corrected chi connectivity index (χ4v) is 5.57. The van der Waals surface area contributed by atoms with Gasteiger partial charge in [0, 0.05) is 55.8 Å². The number of rotatable bonds is 10. The Morgan fingerprint density at radius 1 is 0.974 bits per heavy atom. The Balaban J connectivity index is 1.37. The first kappa shape index (κ1) is 26.7. The summed E-state index contributed by atoms with van der Waals surface area (Å²) in [5, 5.41) is 6.30. The molecular weight excluding hydrogens is 508 g/mol. The molecule has 0 aliphatic carbocycles. The van der Waals surface area contributed by atoms with Crippen LogP contribution in [0.1, 0.15) is 21.5 Å². The van der Waals surface area contributed by atoms with Crippen molar-refractivity contribution >= 4 is 22.4 Å². The van der Waals surface area contributed by atoms with E-state index in [9.17, 15) is 4.79 Å². The van der Waals surface area contributed by atoms with E-state index in [1.807, 2.05) is 41.3 Å². The quantitative estimate of drug-likeness (QED) is 0.300. The van der Waals surface area contributed by atoms with E-state index in [-0.39, 0.29) is 5.91 Å². The number of aromatic nitrogens is 1. The maximum Gasteiger partial charge on any atom is 0.253 e. The van der Waals surface area contributed by atoms with Crippen LogP contribution in [0.4, 0.5) is 5.13 Å². The minimum absolute atomic E-state index is 0.0979. The topological polar surface area (TPSA) is 66.9 Å². The standard InChI is InChI=1S/C31H34N4O3S/c1-37-26-12-13-29(38-2)27(20-26)28-22-39-31(33-28)35(17-14-23-6-4-3-5-7-23)21-24-8-10-25(11-9-24)30(36)34-18-15-32-16-19-34/h3-13,20,22,32H,14-19,21H2,1-2H3. The number of piperazine rings is 1. The Labute approximate surface area is 234 Å². The van der Waals surface area contributed by atoms with Crippen molar-refractivity contribution in [2.75, 3.05) is 51.8 Å². The molecule has 4 aromatic rings. The van der Waals surface area contributed by atoms with Gasteiger partial charge in [0.15, 0.2) is 5.13 Å². The van der Waals surface area contributed by atoms with Crippen molar-refractivity contribution in [3.8, 4) is 22.8 Å². The Bertz CT molecular complexity index is 1370. The second-order valence-electron chi connectivity index (χ2n) is 9.48. The average Bonchev–Trinajstić information content (AvgIpc) is 3.50. The second-order valence-corrected chi connectivity index (χ2v) is 10.3. The van der Waals surface area contributed by atoms with Crippen LogP contribution in [0.15, 0.2) is 78.2 Å². The third kappa shape index (κ3) is 6.58. The van der Waals surface area contributed by atoms with Crippen LogP contribution in [-0.2, 0) is 13.0 Å². The first-order chi connectivity index (χ1) is 19.1. The van der Waals surface area contributed by atoms with Gasteiger partial charge in [-0.1, -0.05) is 42.5 Å². The molecule has 1 saturated heterocycles. The molecule has 0 spiro atoms. The summed E-state index contributed by atoms with van der Waals surface area (Å²) in [6.07, 6.45) is 0.901. The van der Waals surface area contributed by atoms with Gasteiger partial charge in [0.25, 0.3) is 5.91 Å². The van der Waals surface area contributed by atoms with Crippen LogP contribution in [0.2, 0.25) is 0 Å². The highest BCUT2D eigenvalue weighted by Crippen LogP contribution is 2.36. The number of benzene rings is 3. The van der Waals surface area contributed by atoms with Crippen molar-refractivity contribution in [3.05, 3.63) is 94.9 Å². The van der Waals surface area contributed by atoms with Gasteiger partial charge in [0.1, 0.15) is 11.5 Å². The number of thiazole rings is 1. The lowest BCUT2D eigenvalue weighted by atomic mass is 10.1. The highest BCUT2D eigenvalue weighted by atomic mass is 32.1. The van der Waals surface area contributed by atoms with E-state index in [4.69, 9.17) is 14.5 Å². The summed E-state index contributed by atoms with van der Waals surface area (Å²) in [6, 6.07) is 24.3. The third-order valence-corrected chi connectivity index (χ3v) is 7.84. The largest absolute Gasteiger partial charge is 0.497 e. The zero-order valence-corrected chi connectivity index (χ0v) is 23.2. The lowest BCUT2D eigenvalue weighted by Crippen LogP contribution is -2.46. The average molecular weight is 543 g/mol. The zero-order valence-electron chi connectivity index (χ0n) is 22.4. The van der Waals surface area contributed by atoms with Gasteiger partial charge < -0.3 is 24.6 Å². The Kier molecular flexibility index (Phi) is 8.75. The van der Waals surface area contributed by atoms with Gasteiger partial charge in [-0.2, -0.15) is 0 Å². The van der Waals surface area contributed by atoms with Gasteiger partial charge in [0.05, 0.1) is 19.9 Å². The van der Waals surface area contributed by atoms with Crippen LogP contribution in [0.5, 0.6) is 11.5 Å². The molecule has 0 saturated carbocycles. The van der Waals surface area contributed by atoms with Crippen LogP contribution < -0.4 is 19.7 Å². The maximum absolute atomic E-state index is 12.9. The summed E-state index contributed by atoms with van der Waals surface area (Å²) in [5.74, 6) is 1.62. The van der Waals surface area contributed by atoms with E-state index >= 15 is 0 Å². The molecule has 1 aliphatic heterocycles. The molecule has 7 nitrogen and oxygen atoms in total. The minimum Gasteiger partial charge on any atom is -0.497 e. The predicted octanol–water partition coefficient (Wildman–Crippen LogP) is 5.12. The number of amides is 1. The number of nitrogens with one attached hydrogen (secondary N) is 1. The van der Waals surface area contributed by atoms with Crippen molar-refractivity contribution < 1.29 is 14.3 Å². The normalized spacial score (nSPS) is 13.2. The Morgan fingerprint density at radius 2 is 1.74 bits per heavy atom. The fraction of sp³-hybridized carbons (Fsp3) is 0.290. The lowest BCUT2D eigenvalue weighted by molar-refractivity contribution is 0.0736. The SMILES string of the molecule is COc1ccc(OC)c(-c2csc(N(CCc3ccccc3)Cc3ccc(C(=O)N4CCNCC4)cc3)n2)c1. The predicted molar refractivity (Wildman–Crippen MR) is 157 cm³/mol. The van der Waals surface area contributed by atoms with E-state index in [2.05, 4.69) is 52.0 Å². The van der Waals surface area contributed by atoms with Crippen LogP contribution in [-0.4, -0.2) is 62.7 Å². The van der Waals surface area contributed by atoms with Crippen LogP contribution >= 0.6 is 11.3 Å². The Morgan fingerprint density at radius 3 is 2.46 bits per heavy atom. The van der Waals surface area contributed by atoms with E-state index in [0.717, 1.165) is 78.2 Å². The van der Waals surface area contributed by atoms with E-state index in [1.165, 1.54) is 5.56 Å². The number of methoxy groups -OCH3 is 2. The summed E-state index contributed by atoms with van der Waals surface area (Å²) < 4.78 is 11.0. The molecule has 5 rings (SSSR count). The third-order valence-electron chi connectivity index (χ3n) is 6.94. The molecule has 8 heteroatoms.